The fourth-order valence-corrected chi connectivity index (χ4v) is 7.35. The van der Waals surface area contributed by atoms with Crippen LogP contribution in [-0.4, -0.2) is 50.3 Å². The fourth-order valence-electron chi connectivity index (χ4n) is 3.86. The van der Waals surface area contributed by atoms with Crippen LogP contribution in [0.3, 0.4) is 0 Å². The first kappa shape index (κ1) is 32.9. The van der Waals surface area contributed by atoms with Crippen molar-refractivity contribution in [2.24, 2.45) is 17.0 Å². The molecule has 0 amide bonds. The van der Waals surface area contributed by atoms with Gasteiger partial charge >= 0.3 is 0 Å². The van der Waals surface area contributed by atoms with Crippen LogP contribution in [0.1, 0.15) is 75.2 Å². The molecule has 0 radical (unpaired) electrons. The molecule has 0 heterocycles. The van der Waals surface area contributed by atoms with Gasteiger partial charge in [-0.3, -0.25) is 0 Å². The van der Waals surface area contributed by atoms with E-state index < -0.39 is 25.0 Å². The van der Waals surface area contributed by atoms with Crippen LogP contribution in [0.25, 0.3) is 10.4 Å². The average Bonchev–Trinajstić information content (AvgIpc) is 2.93. The molecular formula is C26H57N3O3Si3. The van der Waals surface area contributed by atoms with Gasteiger partial charge in [0.05, 0.1) is 0 Å². The fraction of sp³-hybridized carbons (Fsp3) is 1.00. The number of nitrogens with zero attached hydrogens (tertiary/aromatic N) is 3. The van der Waals surface area contributed by atoms with Crippen molar-refractivity contribution >= 4 is 25.0 Å². The van der Waals surface area contributed by atoms with E-state index in [1.54, 1.807) is 0 Å². The summed E-state index contributed by atoms with van der Waals surface area (Å²) in [6.07, 6.45) is 1.75. The summed E-state index contributed by atoms with van der Waals surface area (Å²) >= 11 is 0. The smallest absolute Gasteiger partial charge is 0.192 e. The van der Waals surface area contributed by atoms with Gasteiger partial charge in [-0.1, -0.05) is 67.4 Å². The molecular weight excluding hydrogens is 487 g/mol. The molecule has 1 rings (SSSR count). The monoisotopic (exact) mass is 543 g/mol. The number of hydrogen-bond donors (Lipinski definition) is 0. The van der Waals surface area contributed by atoms with Crippen LogP contribution < -0.4 is 0 Å². The summed E-state index contributed by atoms with van der Waals surface area (Å²) in [6, 6.07) is -0.0996. The second-order valence-electron chi connectivity index (χ2n) is 15.2. The van der Waals surface area contributed by atoms with Crippen LogP contribution in [-0.2, 0) is 13.3 Å². The lowest BCUT2D eigenvalue weighted by Gasteiger charge is -2.41. The largest absolute Gasteiger partial charge is 0.417 e. The van der Waals surface area contributed by atoms with Crippen LogP contribution in [0.2, 0.25) is 54.4 Å². The third kappa shape index (κ3) is 8.42. The van der Waals surface area contributed by atoms with Gasteiger partial charge in [0.2, 0.25) is 0 Å². The highest BCUT2D eigenvalue weighted by Crippen LogP contribution is 2.46. The number of rotatable bonds is 10. The minimum atomic E-state index is -1.99. The molecule has 0 aromatic carbocycles. The molecule has 0 aromatic rings. The molecule has 6 nitrogen and oxygen atoms in total. The molecule has 4 atom stereocenters. The average molecular weight is 544 g/mol. The maximum Gasteiger partial charge on any atom is 0.192 e. The van der Waals surface area contributed by atoms with Crippen LogP contribution in [0, 0.1) is 11.8 Å². The van der Waals surface area contributed by atoms with Crippen molar-refractivity contribution in [3.63, 3.8) is 0 Å². The molecule has 1 aliphatic rings. The predicted octanol–water partition coefficient (Wildman–Crippen LogP) is 9.13. The maximum atomic E-state index is 9.38. The zero-order chi connectivity index (χ0) is 27.7. The van der Waals surface area contributed by atoms with Crippen molar-refractivity contribution in [3.8, 4) is 0 Å². The third-order valence-corrected chi connectivity index (χ3v) is 23.2. The van der Waals surface area contributed by atoms with Gasteiger partial charge in [0.25, 0.3) is 0 Å². The van der Waals surface area contributed by atoms with Gasteiger partial charge in [-0.05, 0) is 84.6 Å². The van der Waals surface area contributed by atoms with E-state index in [0.29, 0.717) is 6.61 Å². The predicted molar refractivity (Wildman–Crippen MR) is 158 cm³/mol. The van der Waals surface area contributed by atoms with Crippen LogP contribution in [0.4, 0.5) is 0 Å². The zero-order valence-electron chi connectivity index (χ0n) is 25.7. The second kappa shape index (κ2) is 11.3. The summed E-state index contributed by atoms with van der Waals surface area (Å²) in [6.45, 7) is 35.7. The molecule has 0 bridgehead atoms. The van der Waals surface area contributed by atoms with Crippen LogP contribution >= 0.6 is 0 Å². The highest BCUT2D eigenvalue weighted by atomic mass is 28.4. The van der Waals surface area contributed by atoms with Gasteiger partial charge in [0.15, 0.2) is 25.0 Å². The van der Waals surface area contributed by atoms with Crippen LogP contribution in [0.5, 0.6) is 0 Å². The highest BCUT2D eigenvalue weighted by molar-refractivity contribution is 6.74. The molecule has 0 aromatic heterocycles. The normalized spacial score (nSPS) is 25.0. The minimum Gasteiger partial charge on any atom is -0.417 e. The van der Waals surface area contributed by atoms with E-state index in [-0.39, 0.29) is 39.1 Å². The van der Waals surface area contributed by atoms with Gasteiger partial charge in [-0.25, -0.2) is 0 Å². The maximum absolute atomic E-state index is 9.38. The van der Waals surface area contributed by atoms with Crippen molar-refractivity contribution in [1.82, 2.24) is 0 Å². The molecule has 206 valence electrons. The molecule has 1 aliphatic carbocycles. The lowest BCUT2D eigenvalue weighted by atomic mass is 9.91. The molecule has 9 heteroatoms. The summed E-state index contributed by atoms with van der Waals surface area (Å²) < 4.78 is 20.3. The quantitative estimate of drug-likeness (QED) is 0.119. The van der Waals surface area contributed by atoms with Gasteiger partial charge in [-0.15, -0.1) is 0 Å². The van der Waals surface area contributed by atoms with Crippen LogP contribution in [0.15, 0.2) is 5.11 Å². The highest BCUT2D eigenvalue weighted by Gasteiger charge is 2.49. The first-order valence-electron chi connectivity index (χ1n) is 13.5. The van der Waals surface area contributed by atoms with Crippen molar-refractivity contribution in [3.05, 3.63) is 10.4 Å². The molecule has 0 aliphatic heterocycles. The Labute approximate surface area is 220 Å². The van der Waals surface area contributed by atoms with Crippen molar-refractivity contribution in [2.45, 2.75) is 142 Å². The summed E-state index contributed by atoms with van der Waals surface area (Å²) in [4.78, 5) is 3.24. The Hall–Kier alpha value is -0.159. The topological polar surface area (TPSA) is 76.5 Å². The van der Waals surface area contributed by atoms with E-state index >= 15 is 0 Å². The summed E-state index contributed by atoms with van der Waals surface area (Å²) in [5.41, 5.74) is 9.38. The lowest BCUT2D eigenvalue weighted by Crippen LogP contribution is -2.46. The molecule has 1 saturated carbocycles. The Kier molecular flexibility index (Phi) is 10.6. The molecule has 1 fully saturated rings. The van der Waals surface area contributed by atoms with E-state index in [9.17, 15) is 5.53 Å². The van der Waals surface area contributed by atoms with E-state index in [4.69, 9.17) is 13.3 Å². The van der Waals surface area contributed by atoms with Crippen molar-refractivity contribution < 1.29 is 13.3 Å². The Balaban J connectivity index is 3.25. The Morgan fingerprint density at radius 2 is 1.20 bits per heavy atom. The van der Waals surface area contributed by atoms with Gasteiger partial charge in [0.1, 0.15) is 0 Å². The van der Waals surface area contributed by atoms with Gasteiger partial charge < -0.3 is 13.3 Å². The first-order valence-corrected chi connectivity index (χ1v) is 22.2. The standard InChI is InChI=1S/C26H57N3O3Si3/c1-24(2,3)33(10,11)30-17-16-20-21(19-31-34(12,13)25(4,5)6)22(28-29-27)18-23(20)32-35(14,15)26(7,8)9/h20-23H,16-19H2,1-15H3/t20-,21-,22+,23+/m1/s1. The van der Waals surface area contributed by atoms with E-state index in [1.165, 1.54) is 0 Å². The summed E-state index contributed by atoms with van der Waals surface area (Å²) in [7, 11) is -5.76. The van der Waals surface area contributed by atoms with E-state index in [0.717, 1.165) is 19.4 Å². The molecule has 35 heavy (non-hydrogen) atoms. The first-order chi connectivity index (χ1) is 15.5. The number of hydrogen-bond acceptors (Lipinski definition) is 4. The van der Waals surface area contributed by atoms with Gasteiger partial charge in [-0.2, -0.15) is 0 Å². The van der Waals surface area contributed by atoms with Crippen molar-refractivity contribution in [2.75, 3.05) is 13.2 Å². The Morgan fingerprint density at radius 1 is 0.743 bits per heavy atom. The molecule has 0 unspecified atom stereocenters. The number of azide groups is 1. The Morgan fingerprint density at radius 3 is 1.63 bits per heavy atom. The molecule has 0 N–H and O–H groups in total. The molecule has 0 spiro atoms. The summed E-state index contributed by atoms with van der Waals surface area (Å²) in [5.74, 6) is 0.409. The van der Waals surface area contributed by atoms with Crippen molar-refractivity contribution in [1.29, 1.82) is 0 Å². The molecule has 0 saturated heterocycles. The summed E-state index contributed by atoms with van der Waals surface area (Å²) in [5, 5.41) is 4.72. The second-order valence-corrected chi connectivity index (χ2v) is 29.6. The van der Waals surface area contributed by atoms with E-state index in [1.807, 2.05) is 0 Å². The van der Waals surface area contributed by atoms with Gasteiger partial charge in [0, 0.05) is 30.3 Å². The third-order valence-electron chi connectivity index (χ3n) is 9.61. The Bertz CT molecular complexity index is 746. The lowest BCUT2D eigenvalue weighted by molar-refractivity contribution is 0.0875. The zero-order valence-corrected chi connectivity index (χ0v) is 28.7. The van der Waals surface area contributed by atoms with E-state index in [2.05, 4.69) is 112 Å². The SMILES string of the molecule is CC(C)(C)[Si](C)(C)OCC[C@@H]1[C@@H](CO[Si](C)(C)C(C)(C)C)[C@@H](N=[N+]=[N-])C[C@@H]1O[Si](C)(C)C(C)(C)C. The minimum absolute atomic E-state index is 0.0717.